The molecule has 0 aromatic rings. The first-order valence-corrected chi connectivity index (χ1v) is 4.80. The van der Waals surface area contributed by atoms with Gasteiger partial charge in [0.15, 0.2) is 0 Å². The number of hydrogen-bond acceptors (Lipinski definition) is 2. The molecule has 0 unspecified atom stereocenters. The van der Waals surface area contributed by atoms with E-state index >= 15 is 0 Å². The molecule has 1 saturated heterocycles. The van der Waals surface area contributed by atoms with Crippen molar-refractivity contribution in [1.29, 1.82) is 0 Å². The SMILES string of the molecule is CCCCCCN1CCN1C. The Balaban J connectivity index is 1.87. The Bertz CT molecular complexity index is 104. The summed E-state index contributed by atoms with van der Waals surface area (Å²) in [7, 11) is 2.17. The molecule has 0 amide bonds. The molecular weight excluding hydrogens is 136 g/mol. The van der Waals surface area contributed by atoms with Gasteiger partial charge in [-0.3, -0.25) is 0 Å². The highest BCUT2D eigenvalue weighted by molar-refractivity contribution is 4.65. The number of hydrogen-bond donors (Lipinski definition) is 0. The fraction of sp³-hybridized carbons (Fsp3) is 1.00. The molecule has 0 N–H and O–H groups in total. The van der Waals surface area contributed by atoms with Gasteiger partial charge >= 0.3 is 0 Å². The summed E-state index contributed by atoms with van der Waals surface area (Å²) >= 11 is 0. The van der Waals surface area contributed by atoms with Gasteiger partial charge in [-0.15, -0.1) is 0 Å². The molecule has 1 fully saturated rings. The monoisotopic (exact) mass is 156 g/mol. The second-order valence-electron chi connectivity index (χ2n) is 3.40. The highest BCUT2D eigenvalue weighted by Gasteiger charge is 2.19. The zero-order chi connectivity index (χ0) is 8.10. The third kappa shape index (κ3) is 2.80. The maximum Gasteiger partial charge on any atom is 0.0275 e. The van der Waals surface area contributed by atoms with Crippen LogP contribution < -0.4 is 0 Å². The molecule has 66 valence electrons. The number of nitrogens with zero attached hydrogens (tertiary/aromatic N) is 2. The van der Waals surface area contributed by atoms with E-state index < -0.39 is 0 Å². The van der Waals surface area contributed by atoms with E-state index in [4.69, 9.17) is 0 Å². The highest BCUT2D eigenvalue weighted by atomic mass is 15.7. The lowest BCUT2D eigenvalue weighted by molar-refractivity contribution is -0.0893. The Hall–Kier alpha value is -0.0800. The smallest absolute Gasteiger partial charge is 0.0275 e. The third-order valence-electron chi connectivity index (χ3n) is 2.43. The van der Waals surface area contributed by atoms with Crippen molar-refractivity contribution in [2.75, 3.05) is 26.7 Å². The van der Waals surface area contributed by atoms with E-state index in [0.717, 1.165) is 0 Å². The van der Waals surface area contributed by atoms with E-state index in [1.807, 2.05) is 0 Å². The van der Waals surface area contributed by atoms with Crippen LogP contribution in [0.3, 0.4) is 0 Å². The molecule has 1 heterocycles. The second-order valence-corrected chi connectivity index (χ2v) is 3.40. The molecule has 0 spiro atoms. The predicted octanol–water partition coefficient (Wildman–Crippen LogP) is 1.73. The normalized spacial score (nSPS) is 20.2. The average Bonchev–Trinajstić information content (AvgIpc) is 2.02. The molecule has 0 aromatic heterocycles. The van der Waals surface area contributed by atoms with Gasteiger partial charge in [0.2, 0.25) is 0 Å². The van der Waals surface area contributed by atoms with Crippen molar-refractivity contribution in [3.05, 3.63) is 0 Å². The minimum absolute atomic E-state index is 1.26. The van der Waals surface area contributed by atoms with E-state index in [9.17, 15) is 0 Å². The summed E-state index contributed by atoms with van der Waals surface area (Å²) in [4.78, 5) is 0. The lowest BCUT2D eigenvalue weighted by Gasteiger charge is -2.41. The molecule has 2 nitrogen and oxygen atoms in total. The van der Waals surface area contributed by atoms with Gasteiger partial charge < -0.3 is 0 Å². The zero-order valence-electron chi connectivity index (χ0n) is 7.84. The van der Waals surface area contributed by atoms with Gasteiger partial charge in [0, 0.05) is 26.7 Å². The summed E-state index contributed by atoms with van der Waals surface area (Å²) < 4.78 is 0. The molecule has 0 radical (unpaired) electrons. The van der Waals surface area contributed by atoms with Crippen molar-refractivity contribution in [3.63, 3.8) is 0 Å². The Labute approximate surface area is 70.1 Å². The molecule has 1 rings (SSSR count). The van der Waals surface area contributed by atoms with Crippen molar-refractivity contribution in [1.82, 2.24) is 10.0 Å². The van der Waals surface area contributed by atoms with E-state index in [0.29, 0.717) is 0 Å². The number of unbranched alkanes of at least 4 members (excludes halogenated alkanes) is 3. The summed E-state index contributed by atoms with van der Waals surface area (Å²) in [5.74, 6) is 0. The predicted molar refractivity (Wildman–Crippen MR) is 48.3 cm³/mol. The summed E-state index contributed by atoms with van der Waals surface area (Å²) in [5, 5.41) is 4.74. The molecule has 1 aliphatic heterocycles. The van der Waals surface area contributed by atoms with E-state index in [2.05, 4.69) is 24.0 Å². The molecular formula is C9H20N2. The van der Waals surface area contributed by atoms with Gasteiger partial charge in [-0.2, -0.15) is 0 Å². The topological polar surface area (TPSA) is 6.48 Å². The first-order chi connectivity index (χ1) is 5.34. The zero-order valence-corrected chi connectivity index (χ0v) is 7.84. The second kappa shape index (κ2) is 4.73. The Kier molecular flexibility index (Phi) is 3.87. The summed E-state index contributed by atoms with van der Waals surface area (Å²) in [6.45, 7) is 6.07. The molecule has 0 atom stereocenters. The van der Waals surface area contributed by atoms with Crippen molar-refractivity contribution < 1.29 is 0 Å². The van der Waals surface area contributed by atoms with Crippen LogP contribution in [0, 0.1) is 0 Å². The fourth-order valence-electron chi connectivity index (χ4n) is 1.45. The number of likely N-dealkylation sites (N-methyl/N-ethyl adjacent to an activating group) is 1. The van der Waals surface area contributed by atoms with Crippen LogP contribution in [0.25, 0.3) is 0 Å². The van der Waals surface area contributed by atoms with Gasteiger partial charge in [-0.1, -0.05) is 26.2 Å². The van der Waals surface area contributed by atoms with Crippen molar-refractivity contribution in [2.45, 2.75) is 32.6 Å². The van der Waals surface area contributed by atoms with Crippen LogP contribution in [0.15, 0.2) is 0 Å². The Morgan fingerprint density at radius 1 is 1.09 bits per heavy atom. The average molecular weight is 156 g/mol. The van der Waals surface area contributed by atoms with Gasteiger partial charge in [-0.05, 0) is 6.42 Å². The Morgan fingerprint density at radius 2 is 1.91 bits per heavy atom. The standard InChI is InChI=1S/C9H20N2/c1-3-4-5-6-7-11-9-8-10(11)2/h3-9H2,1-2H3. The van der Waals surface area contributed by atoms with Gasteiger partial charge in [0.05, 0.1) is 0 Å². The third-order valence-corrected chi connectivity index (χ3v) is 2.43. The van der Waals surface area contributed by atoms with Gasteiger partial charge in [-0.25, -0.2) is 10.0 Å². The van der Waals surface area contributed by atoms with E-state index in [1.54, 1.807) is 0 Å². The van der Waals surface area contributed by atoms with Crippen LogP contribution >= 0.6 is 0 Å². The largest absolute Gasteiger partial charge is 0.243 e. The summed E-state index contributed by atoms with van der Waals surface area (Å²) in [6, 6.07) is 0. The molecule has 11 heavy (non-hydrogen) atoms. The van der Waals surface area contributed by atoms with Crippen LogP contribution in [-0.2, 0) is 0 Å². The lowest BCUT2D eigenvalue weighted by atomic mass is 10.2. The maximum atomic E-state index is 2.43. The van der Waals surface area contributed by atoms with Gasteiger partial charge in [0.1, 0.15) is 0 Å². The summed E-state index contributed by atoms with van der Waals surface area (Å²) in [5.41, 5.74) is 0. The Morgan fingerprint density at radius 3 is 2.36 bits per heavy atom. The fourth-order valence-corrected chi connectivity index (χ4v) is 1.45. The van der Waals surface area contributed by atoms with Gasteiger partial charge in [0.25, 0.3) is 0 Å². The van der Waals surface area contributed by atoms with E-state index in [-0.39, 0.29) is 0 Å². The lowest BCUT2D eigenvalue weighted by Crippen LogP contribution is -2.54. The van der Waals surface area contributed by atoms with Crippen molar-refractivity contribution in [3.8, 4) is 0 Å². The molecule has 0 aromatic carbocycles. The molecule has 2 heteroatoms. The minimum Gasteiger partial charge on any atom is -0.243 e. The first-order valence-electron chi connectivity index (χ1n) is 4.80. The highest BCUT2D eigenvalue weighted by Crippen LogP contribution is 2.08. The molecule has 0 bridgehead atoms. The maximum absolute atomic E-state index is 2.43. The minimum atomic E-state index is 1.26. The van der Waals surface area contributed by atoms with E-state index in [1.165, 1.54) is 45.3 Å². The van der Waals surface area contributed by atoms with Crippen LogP contribution in [0.4, 0.5) is 0 Å². The van der Waals surface area contributed by atoms with Crippen LogP contribution in [-0.4, -0.2) is 36.7 Å². The van der Waals surface area contributed by atoms with Crippen LogP contribution in [0.5, 0.6) is 0 Å². The first kappa shape index (κ1) is 9.01. The number of rotatable bonds is 5. The quantitative estimate of drug-likeness (QED) is 0.559. The summed E-state index contributed by atoms with van der Waals surface area (Å²) in [6.07, 6.45) is 5.52. The molecule has 0 aliphatic carbocycles. The molecule has 0 saturated carbocycles. The van der Waals surface area contributed by atoms with Crippen molar-refractivity contribution >= 4 is 0 Å². The van der Waals surface area contributed by atoms with Crippen molar-refractivity contribution in [2.24, 2.45) is 0 Å². The molecule has 1 aliphatic rings. The number of hydrazine groups is 1. The van der Waals surface area contributed by atoms with Crippen LogP contribution in [0.1, 0.15) is 32.6 Å². The van der Waals surface area contributed by atoms with Crippen LogP contribution in [0.2, 0.25) is 0 Å².